The summed E-state index contributed by atoms with van der Waals surface area (Å²) in [6.07, 6.45) is 30.0. The molecule has 0 aromatic heterocycles. The van der Waals surface area contributed by atoms with Gasteiger partial charge in [0.15, 0.2) is 0 Å². The first-order chi connectivity index (χ1) is 7.50. The van der Waals surface area contributed by atoms with Gasteiger partial charge in [0.25, 0.3) is 0 Å². The average Bonchev–Trinajstić information content (AvgIpc) is 3.09. The molecule has 0 aliphatic heterocycles. The van der Waals surface area contributed by atoms with E-state index in [2.05, 4.69) is 0 Å². The predicted octanol–water partition coefficient (Wildman–Crippen LogP) is 3.06. The van der Waals surface area contributed by atoms with Crippen molar-refractivity contribution < 1.29 is 40.8 Å². The standard InChI is InChI=1S/3C5H5.Nd/c3*1-2-4-5-3-1;/h3*1-5H;/q;;;+3. The van der Waals surface area contributed by atoms with E-state index in [1.54, 1.807) is 0 Å². The van der Waals surface area contributed by atoms with E-state index in [9.17, 15) is 0 Å². The van der Waals surface area contributed by atoms with Gasteiger partial charge < -0.3 is 0 Å². The van der Waals surface area contributed by atoms with Crippen LogP contribution in [0.5, 0.6) is 0 Å². The van der Waals surface area contributed by atoms with Gasteiger partial charge in [-0.05, 0) is 96.3 Å². The molecule has 0 atom stereocenters. The number of hydrogen-bond acceptors (Lipinski definition) is 0. The Hall–Kier alpha value is 1.35. The van der Waals surface area contributed by atoms with Crippen molar-refractivity contribution in [3.05, 3.63) is 96.3 Å². The third-order valence-corrected chi connectivity index (χ3v) is 1.67. The van der Waals surface area contributed by atoms with E-state index in [-0.39, 0.29) is 40.8 Å². The second kappa shape index (κ2) is 14.4. The van der Waals surface area contributed by atoms with Crippen LogP contribution in [0.3, 0.4) is 0 Å². The Morgan fingerprint density at radius 1 is 0.188 bits per heavy atom. The quantitative estimate of drug-likeness (QED) is 0.636. The molecular weight excluding hydrogens is 324 g/mol. The zero-order valence-corrected chi connectivity index (χ0v) is 12.4. The van der Waals surface area contributed by atoms with Crippen LogP contribution in [-0.4, -0.2) is 0 Å². The van der Waals surface area contributed by atoms with E-state index in [1.807, 2.05) is 96.3 Å². The summed E-state index contributed by atoms with van der Waals surface area (Å²) in [5, 5.41) is 0. The van der Waals surface area contributed by atoms with Crippen molar-refractivity contribution in [2.24, 2.45) is 0 Å². The van der Waals surface area contributed by atoms with Crippen LogP contribution in [0.1, 0.15) is 0 Å². The molecule has 0 aromatic rings. The maximum Gasteiger partial charge on any atom is 3.00 e. The second-order valence-corrected chi connectivity index (χ2v) is 2.89. The van der Waals surface area contributed by atoms with E-state index in [0.29, 0.717) is 0 Å². The van der Waals surface area contributed by atoms with Crippen molar-refractivity contribution in [3.63, 3.8) is 0 Å². The van der Waals surface area contributed by atoms with Crippen LogP contribution in [0.2, 0.25) is 0 Å². The van der Waals surface area contributed by atoms with Gasteiger partial charge >= 0.3 is 40.8 Å². The molecule has 0 spiro atoms. The molecule has 3 saturated carbocycles. The molecule has 0 unspecified atom stereocenters. The molecule has 0 aromatic carbocycles. The monoisotopic (exact) mass is 337 g/mol. The zero-order valence-electron chi connectivity index (χ0n) is 9.16. The van der Waals surface area contributed by atoms with Gasteiger partial charge in [0.05, 0.1) is 0 Å². The molecule has 76 valence electrons. The van der Waals surface area contributed by atoms with Crippen molar-refractivity contribution in [1.29, 1.82) is 0 Å². The summed E-state index contributed by atoms with van der Waals surface area (Å²) in [5.41, 5.74) is 0. The normalized spacial score (nSPS) is 22.5. The van der Waals surface area contributed by atoms with E-state index in [1.165, 1.54) is 0 Å². The SMILES string of the molecule is [CH]1[CH][CH][CH][CH]1.[CH]1[CH][CH][CH][CH]1.[CH]1[CH][CH][CH][CH]1.[Nd+3]. The van der Waals surface area contributed by atoms with E-state index in [4.69, 9.17) is 0 Å². The summed E-state index contributed by atoms with van der Waals surface area (Å²) in [6.45, 7) is 0. The third-order valence-electron chi connectivity index (χ3n) is 1.67. The van der Waals surface area contributed by atoms with Crippen molar-refractivity contribution in [1.82, 2.24) is 0 Å². The molecule has 3 fully saturated rings. The maximum atomic E-state index is 2.00. The fraction of sp³-hybridized carbons (Fsp3) is 0. The van der Waals surface area contributed by atoms with Crippen molar-refractivity contribution in [2.75, 3.05) is 0 Å². The van der Waals surface area contributed by atoms with Crippen LogP contribution in [0, 0.1) is 137 Å². The van der Waals surface area contributed by atoms with Gasteiger partial charge in [-0.3, -0.25) is 0 Å². The second-order valence-electron chi connectivity index (χ2n) is 2.89. The van der Waals surface area contributed by atoms with E-state index >= 15 is 0 Å². The van der Waals surface area contributed by atoms with Crippen LogP contribution in [0.25, 0.3) is 0 Å². The minimum absolute atomic E-state index is 0. The molecule has 0 bridgehead atoms. The average molecular weight is 340 g/mol. The first kappa shape index (κ1) is 17.4. The van der Waals surface area contributed by atoms with Gasteiger partial charge in [0, 0.05) is 0 Å². The molecule has 0 amide bonds. The summed E-state index contributed by atoms with van der Waals surface area (Å²) >= 11 is 0. The summed E-state index contributed by atoms with van der Waals surface area (Å²) in [4.78, 5) is 0. The van der Waals surface area contributed by atoms with Crippen LogP contribution >= 0.6 is 0 Å². The molecule has 3 aliphatic carbocycles. The molecule has 1 heteroatoms. The Morgan fingerprint density at radius 3 is 0.312 bits per heavy atom. The van der Waals surface area contributed by atoms with Crippen molar-refractivity contribution in [3.8, 4) is 0 Å². The van der Waals surface area contributed by atoms with E-state index in [0.717, 1.165) is 0 Å². The Morgan fingerprint density at radius 2 is 0.250 bits per heavy atom. The predicted molar refractivity (Wildman–Crippen MR) is 64.5 cm³/mol. The molecule has 16 radical (unpaired) electrons. The van der Waals surface area contributed by atoms with Gasteiger partial charge in [-0.2, -0.15) is 0 Å². The first-order valence-electron chi connectivity index (χ1n) is 5.00. The van der Waals surface area contributed by atoms with Gasteiger partial charge in [0.2, 0.25) is 0 Å². The smallest absolute Gasteiger partial charge is 0.0312 e. The zero-order chi connectivity index (χ0) is 10.6. The molecule has 3 rings (SSSR count). The summed E-state index contributed by atoms with van der Waals surface area (Å²) in [5.74, 6) is 0. The summed E-state index contributed by atoms with van der Waals surface area (Å²) < 4.78 is 0. The molecule has 3 aliphatic rings. The summed E-state index contributed by atoms with van der Waals surface area (Å²) in [7, 11) is 0. The first-order valence-corrected chi connectivity index (χ1v) is 5.00. The topological polar surface area (TPSA) is 0 Å². The number of rotatable bonds is 0. The minimum atomic E-state index is 0. The molecule has 16 heavy (non-hydrogen) atoms. The fourth-order valence-electron chi connectivity index (χ4n) is 0.962. The van der Waals surface area contributed by atoms with Crippen LogP contribution in [0.15, 0.2) is 0 Å². The molecule has 0 heterocycles. The minimum Gasteiger partial charge on any atom is -0.0312 e. The van der Waals surface area contributed by atoms with Crippen molar-refractivity contribution >= 4 is 0 Å². The fourth-order valence-corrected chi connectivity index (χ4v) is 0.962. The Bertz CT molecular complexity index is 64.0. The molecule has 0 N–H and O–H groups in total. The largest absolute Gasteiger partial charge is 3.00 e. The maximum absolute atomic E-state index is 2.00. The van der Waals surface area contributed by atoms with Crippen LogP contribution in [-0.2, 0) is 0 Å². The van der Waals surface area contributed by atoms with Gasteiger partial charge in [-0.25, -0.2) is 0 Å². The Balaban J connectivity index is 0.000000205. The molecular formula is C15H15Nd+3. The van der Waals surface area contributed by atoms with E-state index < -0.39 is 0 Å². The summed E-state index contributed by atoms with van der Waals surface area (Å²) in [6, 6.07) is 0. The number of hydrogen-bond donors (Lipinski definition) is 0. The Kier molecular flexibility index (Phi) is 15.6. The van der Waals surface area contributed by atoms with Gasteiger partial charge in [-0.15, -0.1) is 0 Å². The third kappa shape index (κ3) is 11.8. The molecule has 0 saturated heterocycles. The van der Waals surface area contributed by atoms with Crippen LogP contribution < -0.4 is 0 Å². The van der Waals surface area contributed by atoms with Gasteiger partial charge in [-0.1, -0.05) is 0 Å². The molecule has 0 nitrogen and oxygen atoms in total. The van der Waals surface area contributed by atoms with Gasteiger partial charge in [0.1, 0.15) is 0 Å². The van der Waals surface area contributed by atoms with Crippen LogP contribution in [0.4, 0.5) is 0 Å². The van der Waals surface area contributed by atoms with Crippen molar-refractivity contribution in [2.45, 2.75) is 0 Å². The Labute approximate surface area is 136 Å².